The Kier molecular flexibility index (Phi) is 6.54. The molecule has 2 fully saturated rings. The number of carboxylic acid groups (broad SMARTS) is 1. The molecule has 0 radical (unpaired) electrons. The minimum absolute atomic E-state index is 0.0275. The van der Waals surface area contributed by atoms with Crippen LogP contribution in [0.5, 0.6) is 5.88 Å². The van der Waals surface area contributed by atoms with E-state index in [1.54, 1.807) is 12.5 Å². The quantitative estimate of drug-likeness (QED) is 0.780. The van der Waals surface area contributed by atoms with E-state index < -0.39 is 12.1 Å². The van der Waals surface area contributed by atoms with Crippen molar-refractivity contribution in [2.75, 3.05) is 19.7 Å². The van der Waals surface area contributed by atoms with E-state index in [2.05, 4.69) is 4.98 Å². The smallest absolute Gasteiger partial charge is 0.475 e. The maximum atomic E-state index is 12.6. The predicted octanol–water partition coefficient (Wildman–Crippen LogP) is 3.07. The minimum atomic E-state index is -5.08. The van der Waals surface area contributed by atoms with Crippen LogP contribution >= 0.6 is 0 Å². The molecule has 0 bridgehead atoms. The normalized spacial score (nSPS) is 22.8. The highest BCUT2D eigenvalue weighted by molar-refractivity contribution is 5.93. The third-order valence-electron chi connectivity index (χ3n) is 5.00. The number of carbonyl (C=O) groups is 2. The van der Waals surface area contributed by atoms with Gasteiger partial charge in [-0.3, -0.25) is 4.79 Å². The van der Waals surface area contributed by atoms with Crippen molar-refractivity contribution in [3.8, 4) is 5.88 Å². The molecule has 1 amide bonds. The summed E-state index contributed by atoms with van der Waals surface area (Å²) in [5.74, 6) is -1.79. The summed E-state index contributed by atoms with van der Waals surface area (Å²) in [6, 6.07) is 7.41. The van der Waals surface area contributed by atoms with E-state index >= 15 is 0 Å². The molecule has 8 nitrogen and oxygen atoms in total. The summed E-state index contributed by atoms with van der Waals surface area (Å²) in [6.45, 7) is 3.66. The predicted molar refractivity (Wildman–Crippen MR) is 99.6 cm³/mol. The molecular formula is C20H21F3N2O6. The van der Waals surface area contributed by atoms with Crippen molar-refractivity contribution in [1.82, 2.24) is 9.88 Å². The van der Waals surface area contributed by atoms with Crippen molar-refractivity contribution < 1.29 is 41.8 Å². The number of hydrogen-bond donors (Lipinski definition) is 1. The Balaban J connectivity index is 0.000000339. The Morgan fingerprint density at radius 2 is 2.06 bits per heavy atom. The van der Waals surface area contributed by atoms with Crippen LogP contribution in [0.2, 0.25) is 0 Å². The maximum absolute atomic E-state index is 12.6. The fourth-order valence-electron chi connectivity index (χ4n) is 3.50. The Morgan fingerprint density at radius 3 is 2.65 bits per heavy atom. The van der Waals surface area contributed by atoms with Crippen molar-refractivity contribution in [2.24, 2.45) is 0 Å². The molecule has 2 aliphatic rings. The fourth-order valence-corrected chi connectivity index (χ4v) is 3.50. The van der Waals surface area contributed by atoms with E-state index in [9.17, 15) is 18.0 Å². The number of likely N-dealkylation sites (tertiary alicyclic amines) is 1. The van der Waals surface area contributed by atoms with Gasteiger partial charge in [0.2, 0.25) is 5.88 Å². The monoisotopic (exact) mass is 442 g/mol. The lowest BCUT2D eigenvalue weighted by Crippen LogP contribution is -2.36. The van der Waals surface area contributed by atoms with Crippen LogP contribution in [0.1, 0.15) is 29.0 Å². The summed E-state index contributed by atoms with van der Waals surface area (Å²) >= 11 is 0. The highest BCUT2D eigenvalue weighted by atomic mass is 19.4. The Labute approximate surface area is 175 Å². The van der Waals surface area contributed by atoms with Gasteiger partial charge in [0.15, 0.2) is 5.76 Å². The number of aryl methyl sites for hydroxylation is 1. The number of aromatic nitrogens is 1. The first kappa shape index (κ1) is 22.6. The molecule has 4 rings (SSSR count). The number of carboxylic acids is 1. The number of carbonyl (C=O) groups excluding carboxylic acids is 1. The number of nitrogens with zero attached hydrogens (tertiary/aromatic N) is 2. The van der Waals surface area contributed by atoms with Gasteiger partial charge in [0.25, 0.3) is 5.91 Å². The highest BCUT2D eigenvalue weighted by Crippen LogP contribution is 2.37. The first-order valence-corrected chi connectivity index (χ1v) is 9.45. The Hall–Kier alpha value is -3.08. The van der Waals surface area contributed by atoms with Crippen LogP contribution in [0.15, 0.2) is 41.1 Å². The number of pyridine rings is 1. The number of amides is 1. The van der Waals surface area contributed by atoms with Crippen LogP contribution in [0.25, 0.3) is 0 Å². The van der Waals surface area contributed by atoms with Crippen LogP contribution in [0.4, 0.5) is 13.2 Å². The third kappa shape index (κ3) is 5.54. The van der Waals surface area contributed by atoms with Gasteiger partial charge < -0.3 is 23.9 Å². The van der Waals surface area contributed by atoms with Crippen LogP contribution in [-0.4, -0.2) is 64.4 Å². The van der Waals surface area contributed by atoms with Crippen molar-refractivity contribution >= 4 is 11.9 Å². The second-order valence-electron chi connectivity index (χ2n) is 7.32. The lowest BCUT2D eigenvalue weighted by Gasteiger charge is -2.23. The lowest BCUT2D eigenvalue weighted by molar-refractivity contribution is -0.192. The van der Waals surface area contributed by atoms with E-state index in [-0.39, 0.29) is 17.6 Å². The second kappa shape index (κ2) is 8.96. The first-order valence-electron chi connectivity index (χ1n) is 9.45. The third-order valence-corrected chi connectivity index (χ3v) is 5.00. The standard InChI is InChI=1S/C18H20N2O4.C2HF3O2/c1-13-5-9-22-16(13)17(21)20-8-6-18(12-20)10-14(11-23-18)24-15-4-2-3-7-19-15;3-2(4,5)1(6)7/h2-5,7,9,14H,6,8,10-12H2,1H3;(H,6,7)/t14-,18-;/m0./s1. The van der Waals surface area contributed by atoms with Gasteiger partial charge in [-0.05, 0) is 25.5 Å². The molecule has 0 aliphatic carbocycles. The van der Waals surface area contributed by atoms with E-state index in [0.717, 1.165) is 18.4 Å². The van der Waals surface area contributed by atoms with Gasteiger partial charge in [-0.1, -0.05) is 6.07 Å². The Morgan fingerprint density at radius 1 is 1.32 bits per heavy atom. The summed E-state index contributed by atoms with van der Waals surface area (Å²) in [5.41, 5.74) is 0.556. The number of hydrogen-bond acceptors (Lipinski definition) is 6. The second-order valence-corrected chi connectivity index (χ2v) is 7.32. The topological polar surface area (TPSA) is 102 Å². The first-order chi connectivity index (χ1) is 14.6. The van der Waals surface area contributed by atoms with Gasteiger partial charge in [-0.2, -0.15) is 13.2 Å². The minimum Gasteiger partial charge on any atom is -0.475 e. The SMILES string of the molecule is Cc1ccoc1C(=O)N1CC[C@]2(C[C@H](Oc3ccccn3)CO2)C1.O=C(O)C(F)(F)F. The lowest BCUT2D eigenvalue weighted by atomic mass is 9.98. The van der Waals surface area contributed by atoms with Crippen molar-refractivity contribution in [2.45, 2.75) is 37.6 Å². The molecule has 2 aromatic rings. The molecule has 2 saturated heterocycles. The maximum Gasteiger partial charge on any atom is 0.490 e. The van der Waals surface area contributed by atoms with Crippen LogP contribution in [0.3, 0.4) is 0 Å². The molecular weight excluding hydrogens is 421 g/mol. The molecule has 4 heterocycles. The molecule has 0 aromatic carbocycles. The summed E-state index contributed by atoms with van der Waals surface area (Å²) in [4.78, 5) is 27.5. The Bertz CT molecular complexity index is 917. The van der Waals surface area contributed by atoms with Gasteiger partial charge in [0.05, 0.1) is 25.0 Å². The van der Waals surface area contributed by atoms with E-state index in [1.807, 2.05) is 36.1 Å². The molecule has 2 aromatic heterocycles. The number of halogens is 3. The van der Waals surface area contributed by atoms with E-state index in [4.69, 9.17) is 23.8 Å². The van der Waals surface area contributed by atoms with Gasteiger partial charge >= 0.3 is 12.1 Å². The average Bonchev–Trinajstić information content (AvgIpc) is 3.43. The molecule has 1 spiro atoms. The largest absolute Gasteiger partial charge is 0.490 e. The molecule has 31 heavy (non-hydrogen) atoms. The summed E-state index contributed by atoms with van der Waals surface area (Å²) in [5, 5.41) is 7.12. The van der Waals surface area contributed by atoms with Gasteiger partial charge in [-0.25, -0.2) is 9.78 Å². The summed E-state index contributed by atoms with van der Waals surface area (Å²) in [7, 11) is 0. The molecule has 168 valence electrons. The van der Waals surface area contributed by atoms with Crippen LogP contribution in [-0.2, 0) is 9.53 Å². The molecule has 2 atom stereocenters. The number of aliphatic carboxylic acids is 1. The average molecular weight is 442 g/mol. The zero-order chi connectivity index (χ0) is 22.6. The molecule has 0 unspecified atom stereocenters. The zero-order valence-corrected chi connectivity index (χ0v) is 16.6. The van der Waals surface area contributed by atoms with E-state index in [1.165, 1.54) is 0 Å². The number of rotatable bonds is 3. The molecule has 0 saturated carbocycles. The van der Waals surface area contributed by atoms with Crippen LogP contribution in [0, 0.1) is 6.92 Å². The van der Waals surface area contributed by atoms with Crippen molar-refractivity contribution in [3.05, 3.63) is 48.0 Å². The van der Waals surface area contributed by atoms with Gasteiger partial charge in [0.1, 0.15) is 6.10 Å². The zero-order valence-electron chi connectivity index (χ0n) is 16.6. The summed E-state index contributed by atoms with van der Waals surface area (Å²) in [6.07, 6.45) is -0.259. The van der Waals surface area contributed by atoms with Crippen molar-refractivity contribution in [1.29, 1.82) is 0 Å². The molecule has 1 N–H and O–H groups in total. The highest BCUT2D eigenvalue weighted by Gasteiger charge is 2.48. The van der Waals surface area contributed by atoms with Gasteiger partial charge in [0, 0.05) is 30.8 Å². The summed E-state index contributed by atoms with van der Waals surface area (Å²) < 4.78 is 49.0. The number of alkyl halides is 3. The number of ether oxygens (including phenoxy) is 2. The molecule has 2 aliphatic heterocycles. The van der Waals surface area contributed by atoms with Crippen LogP contribution < -0.4 is 4.74 Å². The number of furan rings is 1. The fraction of sp³-hybridized carbons (Fsp3) is 0.450. The molecule has 11 heteroatoms. The van der Waals surface area contributed by atoms with Gasteiger partial charge in [-0.15, -0.1) is 0 Å². The van der Waals surface area contributed by atoms with E-state index in [0.29, 0.717) is 31.3 Å². The van der Waals surface area contributed by atoms with Crippen molar-refractivity contribution in [3.63, 3.8) is 0 Å².